The van der Waals surface area contributed by atoms with Crippen molar-refractivity contribution in [2.24, 2.45) is 5.41 Å². The molecule has 0 aliphatic carbocycles. The molecule has 0 atom stereocenters. The van der Waals surface area contributed by atoms with E-state index in [1.54, 1.807) is 6.92 Å². The van der Waals surface area contributed by atoms with E-state index in [4.69, 9.17) is 11.6 Å². The van der Waals surface area contributed by atoms with Gasteiger partial charge in [0.2, 0.25) is 0 Å². The molecule has 0 aromatic heterocycles. The molecule has 0 saturated heterocycles. The Kier molecular flexibility index (Phi) is 8.43. The highest BCUT2D eigenvalue weighted by atomic mass is 35.5. The van der Waals surface area contributed by atoms with Crippen molar-refractivity contribution in [3.8, 4) is 0 Å². The zero-order valence-electron chi connectivity index (χ0n) is 11.3. The maximum Gasteiger partial charge on any atom is 0.150 e. The highest BCUT2D eigenvalue weighted by Gasteiger charge is 2.16. The fourth-order valence-electron chi connectivity index (χ4n) is 1.62. The fraction of sp³-hybridized carbons (Fsp3) is 1.00. The van der Waals surface area contributed by atoms with Crippen LogP contribution in [-0.4, -0.2) is 38.9 Å². The maximum atomic E-state index is 11.3. The van der Waals surface area contributed by atoms with E-state index in [-0.39, 0.29) is 11.2 Å². The van der Waals surface area contributed by atoms with Crippen LogP contribution in [0.2, 0.25) is 0 Å². The number of alkyl halides is 1. The molecule has 0 unspecified atom stereocenters. The monoisotopic (exact) mass is 283 g/mol. The van der Waals surface area contributed by atoms with Crippen molar-refractivity contribution >= 4 is 21.4 Å². The van der Waals surface area contributed by atoms with E-state index in [0.29, 0.717) is 18.1 Å². The van der Waals surface area contributed by atoms with E-state index < -0.39 is 9.84 Å². The summed E-state index contributed by atoms with van der Waals surface area (Å²) in [6.07, 6.45) is 2.82. The third-order valence-electron chi connectivity index (χ3n) is 2.84. The van der Waals surface area contributed by atoms with Gasteiger partial charge in [-0.05, 0) is 31.2 Å². The number of halogens is 1. The fourth-order valence-corrected chi connectivity index (χ4v) is 2.63. The lowest BCUT2D eigenvalue weighted by molar-refractivity contribution is 0.312. The summed E-state index contributed by atoms with van der Waals surface area (Å²) in [7, 11) is -2.81. The molecule has 0 aliphatic rings. The summed E-state index contributed by atoms with van der Waals surface area (Å²) < 4.78 is 22.5. The molecular weight excluding hydrogens is 258 g/mol. The van der Waals surface area contributed by atoms with E-state index in [0.717, 1.165) is 25.9 Å². The predicted octanol–water partition coefficient (Wildman–Crippen LogP) is 2.45. The van der Waals surface area contributed by atoms with Crippen molar-refractivity contribution < 1.29 is 8.42 Å². The van der Waals surface area contributed by atoms with Crippen molar-refractivity contribution in [1.29, 1.82) is 0 Å². The number of nitrogens with one attached hydrogen (secondary N) is 1. The SMILES string of the molecule is CCS(=O)(=O)CCCNCC(C)(C)CCCCl. The Labute approximate surface area is 111 Å². The standard InChI is InChI=1S/C12H26ClNO2S/c1-4-17(15,16)10-6-9-14-11-12(2,3)7-5-8-13/h14H,4-11H2,1-3H3. The van der Waals surface area contributed by atoms with Gasteiger partial charge in [0.25, 0.3) is 0 Å². The Morgan fingerprint density at radius 3 is 2.41 bits per heavy atom. The second-order valence-electron chi connectivity index (χ2n) is 5.22. The lowest BCUT2D eigenvalue weighted by atomic mass is 9.88. The molecule has 0 saturated carbocycles. The molecule has 0 aromatic rings. The molecule has 0 fully saturated rings. The van der Waals surface area contributed by atoms with Crippen LogP contribution >= 0.6 is 11.6 Å². The van der Waals surface area contributed by atoms with Gasteiger partial charge < -0.3 is 5.32 Å². The average Bonchev–Trinajstić information content (AvgIpc) is 2.26. The van der Waals surface area contributed by atoms with Gasteiger partial charge in [0.1, 0.15) is 9.84 Å². The Balaban J connectivity index is 3.64. The molecule has 0 heterocycles. The van der Waals surface area contributed by atoms with E-state index in [9.17, 15) is 8.42 Å². The molecule has 0 aromatic carbocycles. The summed E-state index contributed by atoms with van der Waals surface area (Å²) in [6.45, 7) is 7.78. The molecular formula is C12H26ClNO2S. The molecule has 104 valence electrons. The molecule has 1 N–H and O–H groups in total. The van der Waals surface area contributed by atoms with Crippen molar-refractivity contribution in [3.05, 3.63) is 0 Å². The summed E-state index contributed by atoms with van der Waals surface area (Å²) in [5, 5.41) is 3.32. The average molecular weight is 284 g/mol. The van der Waals surface area contributed by atoms with Gasteiger partial charge >= 0.3 is 0 Å². The summed E-state index contributed by atoms with van der Waals surface area (Å²) in [5.74, 6) is 1.24. The first kappa shape index (κ1) is 17.2. The smallest absolute Gasteiger partial charge is 0.150 e. The minimum Gasteiger partial charge on any atom is -0.316 e. The molecule has 0 aliphatic heterocycles. The van der Waals surface area contributed by atoms with Crippen LogP contribution in [0.4, 0.5) is 0 Å². The second kappa shape index (κ2) is 8.33. The number of hydrogen-bond donors (Lipinski definition) is 1. The molecule has 5 heteroatoms. The first-order valence-electron chi connectivity index (χ1n) is 6.30. The van der Waals surface area contributed by atoms with Gasteiger partial charge in [-0.15, -0.1) is 11.6 Å². The van der Waals surface area contributed by atoms with Crippen LogP contribution in [0.3, 0.4) is 0 Å². The quantitative estimate of drug-likeness (QED) is 0.495. The van der Waals surface area contributed by atoms with Crippen LogP contribution in [-0.2, 0) is 9.84 Å². The van der Waals surface area contributed by atoms with Gasteiger partial charge in [-0.1, -0.05) is 20.8 Å². The zero-order valence-corrected chi connectivity index (χ0v) is 12.8. The Morgan fingerprint density at radius 2 is 1.88 bits per heavy atom. The van der Waals surface area contributed by atoms with Gasteiger partial charge in [-0.25, -0.2) is 8.42 Å². The number of sulfone groups is 1. The van der Waals surface area contributed by atoms with Crippen LogP contribution in [0, 0.1) is 5.41 Å². The first-order valence-corrected chi connectivity index (χ1v) is 8.66. The molecule has 3 nitrogen and oxygen atoms in total. The topological polar surface area (TPSA) is 46.2 Å². The summed E-state index contributed by atoms with van der Waals surface area (Å²) >= 11 is 5.67. The molecule has 0 rings (SSSR count). The van der Waals surface area contributed by atoms with Gasteiger partial charge in [0, 0.05) is 18.2 Å². The summed E-state index contributed by atoms with van der Waals surface area (Å²) in [5.41, 5.74) is 0.235. The lowest BCUT2D eigenvalue weighted by Gasteiger charge is -2.24. The van der Waals surface area contributed by atoms with E-state index in [2.05, 4.69) is 19.2 Å². The van der Waals surface area contributed by atoms with Crippen molar-refractivity contribution in [1.82, 2.24) is 5.32 Å². The van der Waals surface area contributed by atoms with Crippen molar-refractivity contribution in [3.63, 3.8) is 0 Å². The van der Waals surface area contributed by atoms with Crippen LogP contribution in [0.1, 0.15) is 40.0 Å². The maximum absolute atomic E-state index is 11.3. The summed E-state index contributed by atoms with van der Waals surface area (Å²) in [4.78, 5) is 0. The normalized spacial score (nSPS) is 12.9. The molecule has 17 heavy (non-hydrogen) atoms. The zero-order chi connectivity index (χ0) is 13.4. The second-order valence-corrected chi connectivity index (χ2v) is 8.07. The van der Waals surface area contributed by atoms with Gasteiger partial charge in [0.15, 0.2) is 0 Å². The Hall–Kier alpha value is 0.200. The van der Waals surface area contributed by atoms with Crippen LogP contribution in [0.15, 0.2) is 0 Å². The molecule has 0 amide bonds. The first-order chi connectivity index (χ1) is 7.83. The van der Waals surface area contributed by atoms with Crippen molar-refractivity contribution in [2.75, 3.05) is 30.5 Å². The lowest BCUT2D eigenvalue weighted by Crippen LogP contribution is -2.31. The van der Waals surface area contributed by atoms with Crippen LogP contribution < -0.4 is 5.32 Å². The number of rotatable bonds is 10. The Bertz CT molecular complexity index is 289. The molecule has 0 radical (unpaired) electrons. The van der Waals surface area contributed by atoms with Gasteiger partial charge in [-0.2, -0.15) is 0 Å². The third kappa shape index (κ3) is 9.86. The van der Waals surface area contributed by atoms with Gasteiger partial charge in [0.05, 0.1) is 5.75 Å². The highest BCUT2D eigenvalue weighted by molar-refractivity contribution is 7.91. The largest absolute Gasteiger partial charge is 0.316 e. The van der Waals surface area contributed by atoms with Gasteiger partial charge in [-0.3, -0.25) is 0 Å². The Morgan fingerprint density at radius 1 is 1.24 bits per heavy atom. The van der Waals surface area contributed by atoms with E-state index in [1.807, 2.05) is 0 Å². The van der Waals surface area contributed by atoms with Crippen LogP contribution in [0.5, 0.6) is 0 Å². The molecule has 0 spiro atoms. The minimum atomic E-state index is -2.81. The van der Waals surface area contributed by atoms with Crippen molar-refractivity contribution in [2.45, 2.75) is 40.0 Å². The minimum absolute atomic E-state index is 0.235. The van der Waals surface area contributed by atoms with Crippen LogP contribution in [0.25, 0.3) is 0 Å². The highest BCUT2D eigenvalue weighted by Crippen LogP contribution is 2.21. The summed E-state index contributed by atoms with van der Waals surface area (Å²) in [6, 6.07) is 0. The predicted molar refractivity (Wildman–Crippen MR) is 75.5 cm³/mol. The van der Waals surface area contributed by atoms with E-state index in [1.165, 1.54) is 0 Å². The van der Waals surface area contributed by atoms with E-state index >= 15 is 0 Å². The molecule has 0 bridgehead atoms. The number of hydrogen-bond acceptors (Lipinski definition) is 3. The third-order valence-corrected chi connectivity index (χ3v) is 4.90.